The molecule has 2 heterocycles. The largest absolute Gasteiger partial charge is 0.350 e. The molecule has 5 nitrogen and oxygen atoms in total. The highest BCUT2D eigenvalue weighted by molar-refractivity contribution is 7.99. The topological polar surface area (TPSA) is 61.0 Å². The van der Waals surface area contributed by atoms with E-state index in [-0.39, 0.29) is 11.4 Å². The highest BCUT2D eigenvalue weighted by Gasteiger charge is 2.39. The van der Waals surface area contributed by atoms with Crippen LogP contribution >= 0.6 is 11.8 Å². The first-order chi connectivity index (χ1) is 11.8. The molecule has 6 heteroatoms. The van der Waals surface area contributed by atoms with Crippen LogP contribution in [-0.4, -0.2) is 57.7 Å². The summed E-state index contributed by atoms with van der Waals surface area (Å²) in [6.07, 6.45) is 10.4. The Morgan fingerprint density at radius 3 is 2.75 bits per heavy atom. The van der Waals surface area contributed by atoms with Gasteiger partial charge in [-0.3, -0.25) is 14.8 Å². The van der Waals surface area contributed by atoms with Crippen molar-refractivity contribution in [2.24, 2.45) is 0 Å². The van der Waals surface area contributed by atoms with E-state index >= 15 is 0 Å². The van der Waals surface area contributed by atoms with Gasteiger partial charge in [0.25, 0.3) is 5.91 Å². The molecule has 1 aromatic heterocycles. The van der Waals surface area contributed by atoms with Crippen molar-refractivity contribution in [1.82, 2.24) is 20.4 Å². The summed E-state index contributed by atoms with van der Waals surface area (Å²) in [6, 6.07) is 0. The van der Waals surface area contributed by atoms with E-state index in [0.717, 1.165) is 17.8 Å². The normalized spacial score (nSPS) is 24.7. The lowest BCUT2D eigenvalue weighted by Crippen LogP contribution is -2.58. The molecule has 2 aliphatic carbocycles. The van der Waals surface area contributed by atoms with Crippen LogP contribution in [0.4, 0.5) is 0 Å². The van der Waals surface area contributed by atoms with E-state index in [1.807, 2.05) is 0 Å². The molecule has 24 heavy (non-hydrogen) atoms. The zero-order chi connectivity index (χ0) is 16.4. The van der Waals surface area contributed by atoms with Crippen molar-refractivity contribution >= 4 is 17.7 Å². The summed E-state index contributed by atoms with van der Waals surface area (Å²) >= 11 is 2.05. The minimum Gasteiger partial charge on any atom is -0.350 e. The zero-order valence-electron chi connectivity index (χ0n) is 14.4. The molecule has 0 spiro atoms. The van der Waals surface area contributed by atoms with Crippen molar-refractivity contribution < 1.29 is 4.79 Å². The maximum Gasteiger partial charge on any atom is 0.254 e. The number of hydrogen-bond acceptors (Lipinski definition) is 4. The average molecular weight is 349 g/mol. The molecule has 0 aromatic carbocycles. The first kappa shape index (κ1) is 16.5. The summed E-state index contributed by atoms with van der Waals surface area (Å²) in [5.41, 5.74) is 1.98. The molecule has 0 bridgehead atoms. The van der Waals surface area contributed by atoms with Crippen molar-refractivity contribution in [3.8, 4) is 0 Å². The Hall–Kier alpha value is -1.01. The van der Waals surface area contributed by atoms with Crippen molar-refractivity contribution in [3.63, 3.8) is 0 Å². The van der Waals surface area contributed by atoms with E-state index < -0.39 is 0 Å². The SMILES string of the molecule is O=C(NCC1(N2CCSCC2)CCCCC1)c1cn[nH]c1C1CC1. The molecule has 2 saturated carbocycles. The van der Waals surface area contributed by atoms with Crippen LogP contribution in [0.1, 0.15) is 66.9 Å². The van der Waals surface area contributed by atoms with Gasteiger partial charge in [-0.1, -0.05) is 19.3 Å². The molecule has 1 amide bonds. The Balaban J connectivity index is 1.44. The van der Waals surface area contributed by atoms with Gasteiger partial charge in [0.2, 0.25) is 0 Å². The lowest BCUT2D eigenvalue weighted by molar-refractivity contribution is 0.0548. The third-order valence-electron chi connectivity index (χ3n) is 5.94. The Kier molecular flexibility index (Phi) is 4.86. The fourth-order valence-electron chi connectivity index (χ4n) is 4.35. The third kappa shape index (κ3) is 3.36. The van der Waals surface area contributed by atoms with E-state index in [1.165, 1.54) is 69.5 Å². The molecular formula is C18H28N4OS. The fourth-order valence-corrected chi connectivity index (χ4v) is 5.26. The van der Waals surface area contributed by atoms with Crippen LogP contribution in [0.15, 0.2) is 6.20 Å². The lowest BCUT2D eigenvalue weighted by Gasteiger charge is -2.48. The van der Waals surface area contributed by atoms with E-state index in [2.05, 4.69) is 32.2 Å². The predicted octanol–water partition coefficient (Wildman–Crippen LogP) is 2.77. The van der Waals surface area contributed by atoms with Gasteiger partial charge < -0.3 is 5.32 Å². The number of aromatic nitrogens is 2. The van der Waals surface area contributed by atoms with E-state index in [0.29, 0.717) is 5.92 Å². The molecule has 3 aliphatic rings. The number of aromatic amines is 1. The van der Waals surface area contributed by atoms with Gasteiger partial charge in [0, 0.05) is 42.6 Å². The first-order valence-electron chi connectivity index (χ1n) is 9.43. The molecule has 1 aromatic rings. The number of thioether (sulfide) groups is 1. The van der Waals surface area contributed by atoms with Gasteiger partial charge in [0.1, 0.15) is 0 Å². The molecule has 2 N–H and O–H groups in total. The molecule has 3 fully saturated rings. The number of rotatable bonds is 5. The number of H-pyrrole nitrogens is 1. The summed E-state index contributed by atoms with van der Waals surface area (Å²) in [5, 5.41) is 10.4. The Morgan fingerprint density at radius 2 is 2.04 bits per heavy atom. The highest BCUT2D eigenvalue weighted by Crippen LogP contribution is 2.40. The second kappa shape index (κ2) is 7.08. The summed E-state index contributed by atoms with van der Waals surface area (Å²) in [7, 11) is 0. The Morgan fingerprint density at radius 1 is 1.29 bits per heavy atom. The van der Waals surface area contributed by atoms with Crippen molar-refractivity contribution in [1.29, 1.82) is 0 Å². The van der Waals surface area contributed by atoms with Gasteiger partial charge in [-0.05, 0) is 25.7 Å². The van der Waals surface area contributed by atoms with Gasteiger partial charge in [-0.15, -0.1) is 0 Å². The van der Waals surface area contributed by atoms with E-state index in [4.69, 9.17) is 0 Å². The van der Waals surface area contributed by atoms with E-state index in [9.17, 15) is 4.79 Å². The lowest BCUT2D eigenvalue weighted by atomic mass is 9.80. The Labute approximate surface area is 148 Å². The maximum absolute atomic E-state index is 12.7. The van der Waals surface area contributed by atoms with Crippen LogP contribution < -0.4 is 5.32 Å². The summed E-state index contributed by atoms with van der Waals surface area (Å²) < 4.78 is 0. The summed E-state index contributed by atoms with van der Waals surface area (Å²) in [4.78, 5) is 15.4. The van der Waals surface area contributed by atoms with Crippen LogP contribution in [0.3, 0.4) is 0 Å². The quantitative estimate of drug-likeness (QED) is 0.859. The van der Waals surface area contributed by atoms with Gasteiger partial charge in [-0.25, -0.2) is 0 Å². The third-order valence-corrected chi connectivity index (χ3v) is 6.89. The van der Waals surface area contributed by atoms with Gasteiger partial charge >= 0.3 is 0 Å². The second-order valence-electron chi connectivity index (χ2n) is 7.54. The van der Waals surface area contributed by atoms with Crippen LogP contribution in [0.2, 0.25) is 0 Å². The standard InChI is InChI=1S/C18H28N4OS/c23-17(15-12-20-21-16(15)14-4-5-14)19-13-18(6-2-1-3-7-18)22-8-10-24-11-9-22/h12,14H,1-11,13H2,(H,19,23)(H,20,21). The first-order valence-corrected chi connectivity index (χ1v) is 10.6. The average Bonchev–Trinajstić information content (AvgIpc) is 3.38. The summed E-state index contributed by atoms with van der Waals surface area (Å²) in [5.74, 6) is 3.03. The molecule has 1 aliphatic heterocycles. The van der Waals surface area contributed by atoms with Gasteiger partial charge in [0.05, 0.1) is 17.5 Å². The van der Waals surface area contributed by atoms with Gasteiger partial charge in [0.15, 0.2) is 0 Å². The monoisotopic (exact) mass is 348 g/mol. The number of carbonyl (C=O) groups excluding carboxylic acids is 1. The minimum atomic E-state index is 0.0574. The molecular weight excluding hydrogens is 320 g/mol. The molecule has 0 radical (unpaired) electrons. The predicted molar refractivity (Wildman–Crippen MR) is 97.6 cm³/mol. The number of hydrogen-bond donors (Lipinski definition) is 2. The number of nitrogens with one attached hydrogen (secondary N) is 2. The van der Waals surface area contributed by atoms with Crippen molar-refractivity contribution in [3.05, 3.63) is 17.5 Å². The van der Waals surface area contributed by atoms with Crippen LogP contribution in [-0.2, 0) is 0 Å². The maximum atomic E-state index is 12.7. The van der Waals surface area contributed by atoms with Crippen molar-refractivity contribution in [2.45, 2.75) is 56.4 Å². The van der Waals surface area contributed by atoms with Crippen LogP contribution in [0.5, 0.6) is 0 Å². The molecule has 0 atom stereocenters. The number of amides is 1. The molecule has 132 valence electrons. The number of nitrogens with zero attached hydrogens (tertiary/aromatic N) is 2. The zero-order valence-corrected chi connectivity index (χ0v) is 15.2. The van der Waals surface area contributed by atoms with Crippen LogP contribution in [0, 0.1) is 0 Å². The molecule has 4 rings (SSSR count). The second-order valence-corrected chi connectivity index (χ2v) is 8.76. The van der Waals surface area contributed by atoms with E-state index in [1.54, 1.807) is 6.20 Å². The molecule has 1 saturated heterocycles. The Bertz CT molecular complexity index is 571. The fraction of sp³-hybridized carbons (Fsp3) is 0.778. The van der Waals surface area contributed by atoms with Gasteiger partial charge in [-0.2, -0.15) is 16.9 Å². The number of carbonyl (C=O) groups is 1. The van der Waals surface area contributed by atoms with Crippen molar-refractivity contribution in [2.75, 3.05) is 31.1 Å². The summed E-state index contributed by atoms with van der Waals surface area (Å²) in [6.45, 7) is 3.12. The minimum absolute atomic E-state index is 0.0574. The van der Waals surface area contributed by atoms with Crippen LogP contribution in [0.25, 0.3) is 0 Å². The highest BCUT2D eigenvalue weighted by atomic mass is 32.2. The molecule has 0 unspecified atom stereocenters. The smallest absolute Gasteiger partial charge is 0.254 e.